The molecule has 1 atom stereocenters. The Morgan fingerprint density at radius 1 is 1.63 bits per heavy atom. The number of aryl methyl sites for hydroxylation is 1. The molecule has 2 N–H and O–H groups in total. The fraction of sp³-hybridized carbons (Fsp3) is 0.417. The summed E-state index contributed by atoms with van der Waals surface area (Å²) in [5, 5.41) is 6.34. The summed E-state index contributed by atoms with van der Waals surface area (Å²) < 4.78 is 4.97. The van der Waals surface area contributed by atoms with E-state index in [0.29, 0.717) is 12.2 Å². The number of hydrogen-bond acceptors (Lipinski definition) is 6. The van der Waals surface area contributed by atoms with E-state index in [-0.39, 0.29) is 11.9 Å². The second-order valence-corrected chi connectivity index (χ2v) is 5.34. The highest BCUT2D eigenvalue weighted by Crippen LogP contribution is 2.17. The van der Waals surface area contributed by atoms with Crippen LogP contribution in [0.15, 0.2) is 16.0 Å². The average Bonchev–Trinajstić information content (AvgIpc) is 2.97. The lowest BCUT2D eigenvalue weighted by atomic mass is 10.3. The van der Waals surface area contributed by atoms with Crippen molar-refractivity contribution in [3.05, 3.63) is 33.6 Å². The molecule has 0 radical (unpaired) electrons. The first-order valence-electron chi connectivity index (χ1n) is 5.86. The normalized spacial score (nSPS) is 12.4. The molecular formula is C12H16N4O2S. The van der Waals surface area contributed by atoms with Crippen LogP contribution in [0.3, 0.4) is 0 Å². The molecule has 0 spiro atoms. The standard InChI is InChI=1S/C12H16N4O2S/c1-7-4-9(15-18-7)5-16(3)12(17)10-6-19-11(14-10)8(2)13/h4,6,8H,5,13H2,1-3H3. The van der Waals surface area contributed by atoms with E-state index in [4.69, 9.17) is 10.3 Å². The number of carbonyl (C=O) groups is 1. The third kappa shape index (κ3) is 3.18. The van der Waals surface area contributed by atoms with Crippen molar-refractivity contribution in [2.24, 2.45) is 5.73 Å². The Bertz CT molecular complexity index is 576. The molecule has 2 aromatic rings. The van der Waals surface area contributed by atoms with Crippen LogP contribution in [0, 0.1) is 6.92 Å². The highest BCUT2D eigenvalue weighted by Gasteiger charge is 2.17. The maximum Gasteiger partial charge on any atom is 0.273 e. The predicted molar refractivity (Wildman–Crippen MR) is 71.8 cm³/mol. The van der Waals surface area contributed by atoms with Crippen molar-refractivity contribution in [2.75, 3.05) is 7.05 Å². The van der Waals surface area contributed by atoms with Crippen molar-refractivity contribution in [1.82, 2.24) is 15.0 Å². The largest absolute Gasteiger partial charge is 0.361 e. The van der Waals surface area contributed by atoms with Gasteiger partial charge in [0.15, 0.2) is 0 Å². The molecule has 0 aromatic carbocycles. The Balaban J connectivity index is 2.05. The number of nitrogens with zero attached hydrogens (tertiary/aromatic N) is 3. The lowest BCUT2D eigenvalue weighted by Crippen LogP contribution is -2.26. The van der Waals surface area contributed by atoms with Gasteiger partial charge in [-0.05, 0) is 13.8 Å². The summed E-state index contributed by atoms with van der Waals surface area (Å²) >= 11 is 1.40. The molecule has 102 valence electrons. The van der Waals surface area contributed by atoms with Gasteiger partial charge in [-0.15, -0.1) is 11.3 Å². The Morgan fingerprint density at radius 2 is 2.37 bits per heavy atom. The molecule has 0 saturated carbocycles. The zero-order valence-corrected chi connectivity index (χ0v) is 11.9. The van der Waals surface area contributed by atoms with Crippen LogP contribution in [-0.2, 0) is 6.54 Å². The van der Waals surface area contributed by atoms with Crippen LogP contribution >= 0.6 is 11.3 Å². The molecule has 0 aliphatic heterocycles. The minimum Gasteiger partial charge on any atom is -0.361 e. The molecule has 2 rings (SSSR count). The molecule has 19 heavy (non-hydrogen) atoms. The van der Waals surface area contributed by atoms with Gasteiger partial charge in [-0.2, -0.15) is 0 Å². The zero-order valence-electron chi connectivity index (χ0n) is 11.1. The molecule has 0 fully saturated rings. The van der Waals surface area contributed by atoms with Gasteiger partial charge < -0.3 is 15.2 Å². The minimum atomic E-state index is -0.157. The zero-order chi connectivity index (χ0) is 14.0. The Kier molecular flexibility index (Phi) is 3.96. The van der Waals surface area contributed by atoms with E-state index >= 15 is 0 Å². The van der Waals surface area contributed by atoms with Gasteiger partial charge in [-0.1, -0.05) is 5.16 Å². The van der Waals surface area contributed by atoms with Gasteiger partial charge in [0.1, 0.15) is 22.2 Å². The van der Waals surface area contributed by atoms with Crippen molar-refractivity contribution < 1.29 is 9.32 Å². The summed E-state index contributed by atoms with van der Waals surface area (Å²) in [5.41, 5.74) is 6.87. The summed E-state index contributed by atoms with van der Waals surface area (Å²) in [6, 6.07) is 1.65. The number of hydrogen-bond donors (Lipinski definition) is 1. The molecule has 0 aliphatic rings. The van der Waals surface area contributed by atoms with E-state index in [1.54, 1.807) is 23.4 Å². The second-order valence-electron chi connectivity index (χ2n) is 4.45. The first-order valence-corrected chi connectivity index (χ1v) is 6.74. The fourth-order valence-electron chi connectivity index (χ4n) is 1.60. The van der Waals surface area contributed by atoms with Crippen molar-refractivity contribution in [3.63, 3.8) is 0 Å². The molecule has 0 saturated heterocycles. The lowest BCUT2D eigenvalue weighted by Gasteiger charge is -2.13. The summed E-state index contributed by atoms with van der Waals surface area (Å²) in [4.78, 5) is 18.0. The summed E-state index contributed by atoms with van der Waals surface area (Å²) in [5.74, 6) is 0.576. The average molecular weight is 280 g/mol. The number of rotatable bonds is 4. The van der Waals surface area contributed by atoms with Crippen LogP contribution in [-0.4, -0.2) is 28.0 Å². The molecule has 2 heterocycles. The highest BCUT2D eigenvalue weighted by atomic mass is 32.1. The van der Waals surface area contributed by atoms with Crippen LogP contribution in [0.2, 0.25) is 0 Å². The predicted octanol–water partition coefficient (Wildman–Crippen LogP) is 1.73. The van der Waals surface area contributed by atoms with Gasteiger partial charge in [-0.25, -0.2) is 4.98 Å². The first-order chi connectivity index (χ1) is 8.97. The van der Waals surface area contributed by atoms with Gasteiger partial charge in [0.25, 0.3) is 5.91 Å². The van der Waals surface area contributed by atoms with Crippen LogP contribution in [0.1, 0.15) is 39.9 Å². The van der Waals surface area contributed by atoms with E-state index in [2.05, 4.69) is 10.1 Å². The number of aromatic nitrogens is 2. The smallest absolute Gasteiger partial charge is 0.273 e. The first kappa shape index (κ1) is 13.7. The second kappa shape index (κ2) is 5.50. The lowest BCUT2D eigenvalue weighted by molar-refractivity contribution is 0.0777. The molecule has 7 heteroatoms. The highest BCUT2D eigenvalue weighted by molar-refractivity contribution is 7.09. The molecule has 6 nitrogen and oxygen atoms in total. The van der Waals surface area contributed by atoms with Crippen molar-refractivity contribution >= 4 is 17.2 Å². The summed E-state index contributed by atoms with van der Waals surface area (Å²) in [6.07, 6.45) is 0. The Hall–Kier alpha value is -1.73. The number of carbonyl (C=O) groups excluding carboxylic acids is 1. The summed E-state index contributed by atoms with van der Waals surface area (Å²) in [6.45, 7) is 4.05. The quantitative estimate of drug-likeness (QED) is 0.921. The number of nitrogens with two attached hydrogens (primary N) is 1. The van der Waals surface area contributed by atoms with E-state index < -0.39 is 0 Å². The number of amides is 1. The van der Waals surface area contributed by atoms with E-state index in [1.807, 2.05) is 13.8 Å². The Morgan fingerprint density at radius 3 is 2.89 bits per heavy atom. The van der Waals surface area contributed by atoms with Crippen LogP contribution in [0.25, 0.3) is 0 Å². The van der Waals surface area contributed by atoms with Crippen LogP contribution in [0.5, 0.6) is 0 Å². The monoisotopic (exact) mass is 280 g/mol. The van der Waals surface area contributed by atoms with E-state index in [1.165, 1.54) is 11.3 Å². The van der Waals surface area contributed by atoms with Gasteiger partial charge in [0.05, 0.1) is 12.6 Å². The Labute approximate surface area is 115 Å². The maximum atomic E-state index is 12.2. The van der Waals surface area contributed by atoms with E-state index in [9.17, 15) is 4.79 Å². The van der Waals surface area contributed by atoms with Crippen LogP contribution in [0.4, 0.5) is 0 Å². The van der Waals surface area contributed by atoms with Gasteiger partial charge >= 0.3 is 0 Å². The molecule has 2 aromatic heterocycles. The SMILES string of the molecule is Cc1cc(CN(C)C(=O)c2csc(C(C)N)n2)no1. The van der Waals surface area contributed by atoms with Crippen molar-refractivity contribution in [1.29, 1.82) is 0 Å². The molecular weight excluding hydrogens is 264 g/mol. The maximum absolute atomic E-state index is 12.2. The van der Waals surface area contributed by atoms with Crippen LogP contribution < -0.4 is 5.73 Å². The van der Waals surface area contributed by atoms with Gasteiger partial charge in [-0.3, -0.25) is 4.79 Å². The fourth-order valence-corrected chi connectivity index (χ4v) is 2.35. The summed E-state index contributed by atoms with van der Waals surface area (Å²) in [7, 11) is 1.71. The molecule has 1 amide bonds. The minimum absolute atomic E-state index is 0.149. The third-order valence-corrected chi connectivity index (χ3v) is 3.60. The topological polar surface area (TPSA) is 85.2 Å². The molecule has 0 aliphatic carbocycles. The number of thiazole rings is 1. The van der Waals surface area contributed by atoms with Crippen molar-refractivity contribution in [2.45, 2.75) is 26.4 Å². The van der Waals surface area contributed by atoms with Gasteiger partial charge in [0.2, 0.25) is 0 Å². The third-order valence-electron chi connectivity index (χ3n) is 2.55. The van der Waals surface area contributed by atoms with E-state index in [0.717, 1.165) is 16.5 Å². The van der Waals surface area contributed by atoms with Crippen molar-refractivity contribution in [3.8, 4) is 0 Å². The molecule has 1 unspecified atom stereocenters. The van der Waals surface area contributed by atoms with Gasteiger partial charge in [0, 0.05) is 18.5 Å². The molecule has 0 bridgehead atoms.